The fraction of sp³-hybridized carbons (Fsp3) is 0.391. The third-order valence-corrected chi connectivity index (χ3v) is 4.69. The van der Waals surface area contributed by atoms with E-state index >= 15 is 0 Å². The van der Waals surface area contributed by atoms with Crippen molar-refractivity contribution in [1.29, 1.82) is 0 Å². The maximum absolute atomic E-state index is 12.1. The molecule has 0 saturated carbocycles. The molecule has 0 radical (unpaired) electrons. The first-order valence-electron chi connectivity index (χ1n) is 9.98. The average molecular weight is 398 g/mol. The van der Waals surface area contributed by atoms with Gasteiger partial charge in [-0.2, -0.15) is 5.10 Å². The lowest BCUT2D eigenvalue weighted by Crippen LogP contribution is -2.25. The van der Waals surface area contributed by atoms with Crippen molar-refractivity contribution < 1.29 is 14.6 Å². The minimum atomic E-state index is -0.364. The predicted molar refractivity (Wildman–Crippen MR) is 118 cm³/mol. The molecule has 2 aromatic carbocycles. The maximum atomic E-state index is 12.1. The van der Waals surface area contributed by atoms with Crippen LogP contribution in [0.25, 0.3) is 0 Å². The molecule has 29 heavy (non-hydrogen) atoms. The van der Waals surface area contributed by atoms with Crippen LogP contribution in [0, 0.1) is 6.92 Å². The molecule has 6 heteroatoms. The van der Waals surface area contributed by atoms with Crippen molar-refractivity contribution >= 4 is 17.8 Å². The van der Waals surface area contributed by atoms with Gasteiger partial charge in [0.25, 0.3) is 5.91 Å². The van der Waals surface area contributed by atoms with Crippen LogP contribution in [0.4, 0.5) is 5.69 Å². The molecule has 0 spiro atoms. The van der Waals surface area contributed by atoms with Gasteiger partial charge in [-0.05, 0) is 56.0 Å². The van der Waals surface area contributed by atoms with Gasteiger partial charge in [0.15, 0.2) is 6.61 Å². The number of carbonyl (C=O) groups excluding carboxylic acids is 1. The number of amides is 1. The monoisotopic (exact) mass is 397 g/mol. The number of aryl methyl sites for hydroxylation is 1. The minimum Gasteiger partial charge on any atom is -0.507 e. The number of nitrogens with zero attached hydrogens (tertiary/aromatic N) is 2. The van der Waals surface area contributed by atoms with E-state index in [0.29, 0.717) is 17.2 Å². The number of aromatic hydroxyl groups is 1. The first-order chi connectivity index (χ1) is 13.8. The molecule has 0 heterocycles. The predicted octanol–water partition coefficient (Wildman–Crippen LogP) is 4.20. The number of hydrogen-bond acceptors (Lipinski definition) is 5. The van der Waals surface area contributed by atoms with Crippen LogP contribution in [0.15, 0.2) is 41.5 Å². The molecule has 0 aromatic heterocycles. The first kappa shape index (κ1) is 22.3. The molecule has 0 saturated heterocycles. The molecule has 0 fully saturated rings. The summed E-state index contributed by atoms with van der Waals surface area (Å²) in [7, 11) is 0. The van der Waals surface area contributed by atoms with Crippen molar-refractivity contribution in [1.82, 2.24) is 5.43 Å². The highest BCUT2D eigenvalue weighted by Gasteiger charge is 2.10. The van der Waals surface area contributed by atoms with Gasteiger partial charge in [0.2, 0.25) is 0 Å². The van der Waals surface area contributed by atoms with Gasteiger partial charge in [-0.15, -0.1) is 0 Å². The van der Waals surface area contributed by atoms with Crippen molar-refractivity contribution in [2.75, 3.05) is 24.6 Å². The quantitative estimate of drug-likeness (QED) is 0.491. The van der Waals surface area contributed by atoms with Gasteiger partial charge >= 0.3 is 0 Å². The second-order valence-electron chi connectivity index (χ2n) is 7.19. The smallest absolute Gasteiger partial charge is 0.277 e. The van der Waals surface area contributed by atoms with Gasteiger partial charge in [-0.1, -0.05) is 26.0 Å². The lowest BCUT2D eigenvalue weighted by atomic mass is 10.0. The fourth-order valence-electron chi connectivity index (χ4n) is 3.02. The number of hydrogen-bond donors (Lipinski definition) is 2. The Bertz CT molecular complexity index is 858. The van der Waals surface area contributed by atoms with E-state index in [0.717, 1.165) is 29.9 Å². The summed E-state index contributed by atoms with van der Waals surface area (Å²) in [6.45, 7) is 11.9. The van der Waals surface area contributed by atoms with E-state index in [9.17, 15) is 9.90 Å². The van der Waals surface area contributed by atoms with Crippen LogP contribution in [-0.4, -0.2) is 36.9 Å². The summed E-state index contributed by atoms with van der Waals surface area (Å²) in [4.78, 5) is 14.2. The third-order valence-electron chi connectivity index (χ3n) is 4.69. The Morgan fingerprint density at radius 2 is 1.93 bits per heavy atom. The lowest BCUT2D eigenvalue weighted by molar-refractivity contribution is -0.123. The number of ether oxygens (including phenoxy) is 1. The standard InChI is InChI=1S/C23H31N3O3/c1-6-26(7-2)19-10-9-18(21(27)13-19)14-24-25-23(28)15-29-22-12-17(5)8-11-20(22)16(3)4/h8-14,16,27H,6-7,15H2,1-5H3,(H,25,28)/b24-14+. The molecule has 2 N–H and O–H groups in total. The highest BCUT2D eigenvalue weighted by molar-refractivity contribution is 5.86. The van der Waals surface area contributed by atoms with E-state index < -0.39 is 0 Å². The van der Waals surface area contributed by atoms with Crippen molar-refractivity contribution in [3.63, 3.8) is 0 Å². The largest absolute Gasteiger partial charge is 0.507 e. The Labute approximate surface area is 173 Å². The van der Waals surface area contributed by atoms with Crippen molar-refractivity contribution in [2.45, 2.75) is 40.5 Å². The van der Waals surface area contributed by atoms with Gasteiger partial charge in [0, 0.05) is 30.4 Å². The van der Waals surface area contributed by atoms with Gasteiger partial charge in [0.05, 0.1) is 6.21 Å². The maximum Gasteiger partial charge on any atom is 0.277 e. The lowest BCUT2D eigenvalue weighted by Gasteiger charge is -2.21. The summed E-state index contributed by atoms with van der Waals surface area (Å²) >= 11 is 0. The van der Waals surface area contributed by atoms with E-state index in [1.165, 1.54) is 6.21 Å². The van der Waals surface area contributed by atoms with Crippen LogP contribution in [0.5, 0.6) is 11.5 Å². The van der Waals surface area contributed by atoms with E-state index in [1.54, 1.807) is 12.1 Å². The number of rotatable bonds is 9. The topological polar surface area (TPSA) is 74.2 Å². The van der Waals surface area contributed by atoms with Crippen molar-refractivity contribution in [3.05, 3.63) is 53.1 Å². The van der Waals surface area contributed by atoms with Gasteiger partial charge in [0.1, 0.15) is 11.5 Å². The van der Waals surface area contributed by atoms with Crippen LogP contribution in [0.2, 0.25) is 0 Å². The Hall–Kier alpha value is -3.02. The van der Waals surface area contributed by atoms with Crippen LogP contribution in [0.3, 0.4) is 0 Å². The Balaban J connectivity index is 1.94. The number of phenols is 1. The number of hydrazone groups is 1. The SMILES string of the molecule is CCN(CC)c1ccc(/C=N/NC(=O)COc2cc(C)ccc2C(C)C)c(O)c1. The van der Waals surface area contributed by atoms with Gasteiger partial charge < -0.3 is 14.7 Å². The third kappa shape index (κ3) is 6.24. The van der Waals surface area contributed by atoms with Crippen LogP contribution in [-0.2, 0) is 4.79 Å². The highest BCUT2D eigenvalue weighted by Crippen LogP contribution is 2.27. The van der Waals surface area contributed by atoms with E-state index in [2.05, 4.69) is 43.1 Å². The zero-order valence-electron chi connectivity index (χ0n) is 17.9. The molecule has 1 amide bonds. The highest BCUT2D eigenvalue weighted by atomic mass is 16.5. The summed E-state index contributed by atoms with van der Waals surface area (Å²) in [5, 5.41) is 14.1. The number of carbonyl (C=O) groups is 1. The summed E-state index contributed by atoms with van der Waals surface area (Å²) in [5.74, 6) is 0.763. The van der Waals surface area contributed by atoms with Crippen LogP contribution < -0.4 is 15.1 Å². The minimum absolute atomic E-state index is 0.116. The molecule has 0 bridgehead atoms. The Morgan fingerprint density at radius 1 is 1.21 bits per heavy atom. The Kier molecular flexibility index (Phi) is 8.07. The first-order valence-corrected chi connectivity index (χ1v) is 9.98. The van der Waals surface area contributed by atoms with E-state index in [-0.39, 0.29) is 18.3 Å². The molecule has 0 unspecified atom stereocenters. The normalized spacial score (nSPS) is 11.1. The van der Waals surface area contributed by atoms with Crippen molar-refractivity contribution in [3.8, 4) is 11.5 Å². The Morgan fingerprint density at radius 3 is 2.55 bits per heavy atom. The molecule has 0 aliphatic heterocycles. The molecule has 6 nitrogen and oxygen atoms in total. The summed E-state index contributed by atoms with van der Waals surface area (Å²) < 4.78 is 5.69. The zero-order chi connectivity index (χ0) is 21.4. The number of anilines is 1. The molecule has 0 aliphatic rings. The molecule has 0 atom stereocenters. The molecule has 2 aromatic rings. The summed E-state index contributed by atoms with van der Waals surface area (Å²) in [6.07, 6.45) is 1.42. The molecule has 0 aliphatic carbocycles. The fourth-order valence-corrected chi connectivity index (χ4v) is 3.02. The summed E-state index contributed by atoms with van der Waals surface area (Å²) in [5.41, 5.74) is 6.05. The van der Waals surface area contributed by atoms with E-state index in [1.807, 2.05) is 31.2 Å². The van der Waals surface area contributed by atoms with Gasteiger partial charge in [-0.3, -0.25) is 4.79 Å². The molecular weight excluding hydrogens is 366 g/mol. The molecular formula is C23H31N3O3. The van der Waals surface area contributed by atoms with Crippen molar-refractivity contribution in [2.24, 2.45) is 5.10 Å². The summed E-state index contributed by atoms with van der Waals surface area (Å²) in [6, 6.07) is 11.4. The number of nitrogens with one attached hydrogen (secondary N) is 1. The second-order valence-corrected chi connectivity index (χ2v) is 7.19. The van der Waals surface area contributed by atoms with Crippen LogP contribution >= 0.6 is 0 Å². The molecule has 156 valence electrons. The van der Waals surface area contributed by atoms with E-state index in [4.69, 9.17) is 4.74 Å². The molecule has 2 rings (SSSR count). The second kappa shape index (κ2) is 10.5. The van der Waals surface area contributed by atoms with Gasteiger partial charge in [-0.25, -0.2) is 5.43 Å². The number of phenolic OH excluding ortho intramolecular Hbond substituents is 1. The van der Waals surface area contributed by atoms with Crippen LogP contribution in [0.1, 0.15) is 50.3 Å². The zero-order valence-corrected chi connectivity index (χ0v) is 17.9. The number of benzene rings is 2. The average Bonchev–Trinajstić information content (AvgIpc) is 2.68.